The Morgan fingerprint density at radius 3 is 2.36 bits per heavy atom. The molecule has 0 rings (SSSR count). The van der Waals surface area contributed by atoms with Crippen LogP contribution in [-0.2, 0) is 9.53 Å². The predicted molar refractivity (Wildman–Crippen MR) is 50.7 cm³/mol. The highest BCUT2D eigenvalue weighted by Gasteiger charge is 1.98. The predicted octanol–water partition coefficient (Wildman–Crippen LogP) is 0.946. The Hall–Kier alpha value is -0.465. The minimum absolute atomic E-state index is 0. The average molecular weight is 158 g/mol. The van der Waals surface area contributed by atoms with Crippen molar-refractivity contribution < 1.29 is 9.53 Å². The molecule has 0 aliphatic heterocycles. The van der Waals surface area contributed by atoms with Crippen molar-refractivity contribution in [1.82, 2.24) is 0 Å². The van der Waals surface area contributed by atoms with Crippen LogP contribution in [0.5, 0.6) is 0 Å². The zero-order valence-electron chi connectivity index (χ0n) is 6.85. The summed E-state index contributed by atoms with van der Waals surface area (Å²) >= 11 is 0. The molecular weight excluding hydrogens is 139 g/mol. The lowest BCUT2D eigenvalue weighted by Gasteiger charge is -1.99. The number of carbonyl (C=O) groups is 1. The second kappa shape index (κ2) is 9.53. The van der Waals surface area contributed by atoms with Gasteiger partial charge in [0.05, 0.1) is 15.0 Å². The third-order valence-electron chi connectivity index (χ3n) is 1.29. The minimum atomic E-state index is -0.0593. The van der Waals surface area contributed by atoms with Crippen molar-refractivity contribution in [3.05, 3.63) is 0 Å². The first kappa shape index (κ1) is 13.1. The van der Waals surface area contributed by atoms with E-state index in [2.05, 4.69) is 6.92 Å². The fraction of sp³-hybridized carbons (Fsp3) is 0.875. The van der Waals surface area contributed by atoms with Crippen molar-refractivity contribution in [3.8, 4) is 0 Å². The van der Waals surface area contributed by atoms with Crippen LogP contribution in [0.4, 0.5) is 0 Å². The van der Waals surface area contributed by atoms with Gasteiger partial charge in [-0.15, -0.1) is 0 Å². The van der Waals surface area contributed by atoms with Gasteiger partial charge in [-0.25, -0.2) is 0 Å². The van der Waals surface area contributed by atoms with Crippen LogP contribution < -0.4 is 0 Å². The summed E-state index contributed by atoms with van der Waals surface area (Å²) in [5.74, 6) is -0.0593. The number of unbranched alkanes of at least 4 members (excludes halogenated alkanes) is 2. The van der Waals surface area contributed by atoms with Crippen LogP contribution >= 0.6 is 0 Å². The Balaban J connectivity index is 0. The molecule has 0 radical (unpaired) electrons. The van der Waals surface area contributed by atoms with Gasteiger partial charge in [-0.3, -0.25) is 4.79 Å². The van der Waals surface area contributed by atoms with E-state index in [4.69, 9.17) is 4.74 Å². The topological polar surface area (TPSA) is 26.3 Å². The van der Waals surface area contributed by atoms with Crippen LogP contribution in [0.25, 0.3) is 0 Å². The van der Waals surface area contributed by atoms with Crippen molar-refractivity contribution in [3.63, 3.8) is 0 Å². The summed E-state index contributed by atoms with van der Waals surface area (Å²) in [5.41, 5.74) is 0. The number of rotatable bonds is 5. The quantitative estimate of drug-likeness (QED) is 0.338. The van der Waals surface area contributed by atoms with E-state index < -0.39 is 0 Å². The van der Waals surface area contributed by atoms with Gasteiger partial charge in [0.2, 0.25) is 0 Å². The standard InChI is InChI=1S/C8H16O2.BH3/c1-3-5-6-7-8(9)10-4-2;/h3-7H2,1-2H3;1H3. The minimum Gasteiger partial charge on any atom is -0.466 e. The van der Waals surface area contributed by atoms with Gasteiger partial charge in [-0.1, -0.05) is 19.8 Å². The van der Waals surface area contributed by atoms with Gasteiger partial charge in [0, 0.05) is 6.42 Å². The maximum Gasteiger partial charge on any atom is 0.305 e. The molecule has 0 fully saturated rings. The molecule has 0 saturated heterocycles. The lowest BCUT2D eigenvalue weighted by atomic mass is 10.2. The maximum absolute atomic E-state index is 10.7. The van der Waals surface area contributed by atoms with Crippen molar-refractivity contribution in [1.29, 1.82) is 0 Å². The van der Waals surface area contributed by atoms with E-state index in [9.17, 15) is 4.79 Å². The fourth-order valence-electron chi connectivity index (χ4n) is 0.752. The monoisotopic (exact) mass is 158 g/mol. The van der Waals surface area contributed by atoms with E-state index in [1.165, 1.54) is 0 Å². The summed E-state index contributed by atoms with van der Waals surface area (Å²) < 4.78 is 4.75. The molecule has 2 nitrogen and oxygen atoms in total. The van der Waals surface area contributed by atoms with Crippen LogP contribution in [0.1, 0.15) is 39.5 Å². The maximum atomic E-state index is 10.7. The highest BCUT2D eigenvalue weighted by molar-refractivity contribution is 5.75. The van der Waals surface area contributed by atoms with Crippen LogP contribution in [0.15, 0.2) is 0 Å². The molecule has 0 bridgehead atoms. The summed E-state index contributed by atoms with van der Waals surface area (Å²) in [7, 11) is 0. The summed E-state index contributed by atoms with van der Waals surface area (Å²) in [4.78, 5) is 10.7. The van der Waals surface area contributed by atoms with E-state index in [1.807, 2.05) is 6.92 Å². The number of hydrogen-bond donors (Lipinski definition) is 0. The second-order valence-electron chi connectivity index (χ2n) is 2.26. The fourth-order valence-corrected chi connectivity index (χ4v) is 0.752. The van der Waals surface area contributed by atoms with Gasteiger partial charge in [-0.2, -0.15) is 0 Å². The SMILES string of the molecule is B.CCCCCC(=O)OCC. The van der Waals surface area contributed by atoms with E-state index in [1.54, 1.807) is 0 Å². The molecule has 0 heterocycles. The van der Waals surface area contributed by atoms with Crippen LogP contribution in [0.2, 0.25) is 0 Å². The molecule has 66 valence electrons. The Labute approximate surface area is 70.9 Å². The van der Waals surface area contributed by atoms with Crippen molar-refractivity contribution in [2.45, 2.75) is 39.5 Å². The molecule has 0 aromatic heterocycles. The second-order valence-corrected chi connectivity index (χ2v) is 2.26. The highest BCUT2D eigenvalue weighted by Crippen LogP contribution is 1.99. The summed E-state index contributed by atoms with van der Waals surface area (Å²) in [6.07, 6.45) is 3.83. The molecule has 0 unspecified atom stereocenters. The Kier molecular flexibility index (Phi) is 11.4. The number of carbonyl (C=O) groups excluding carboxylic acids is 1. The molecule has 0 amide bonds. The van der Waals surface area contributed by atoms with Gasteiger partial charge in [-0.05, 0) is 13.3 Å². The van der Waals surface area contributed by atoms with Gasteiger partial charge in [0.15, 0.2) is 0 Å². The van der Waals surface area contributed by atoms with Gasteiger partial charge in [0.1, 0.15) is 0 Å². The van der Waals surface area contributed by atoms with Crippen LogP contribution in [-0.4, -0.2) is 21.0 Å². The zero-order valence-corrected chi connectivity index (χ0v) is 6.85. The summed E-state index contributed by atoms with van der Waals surface area (Å²) in [5, 5.41) is 0. The van der Waals surface area contributed by atoms with Crippen LogP contribution in [0.3, 0.4) is 0 Å². The molecule has 0 aliphatic carbocycles. The number of ether oxygens (including phenoxy) is 1. The third-order valence-corrected chi connectivity index (χ3v) is 1.29. The molecule has 0 saturated carbocycles. The lowest BCUT2D eigenvalue weighted by molar-refractivity contribution is -0.143. The van der Waals surface area contributed by atoms with Crippen LogP contribution in [0, 0.1) is 0 Å². The largest absolute Gasteiger partial charge is 0.466 e. The number of esters is 1. The molecule has 0 spiro atoms. The molecule has 11 heavy (non-hydrogen) atoms. The Morgan fingerprint density at radius 2 is 1.91 bits per heavy atom. The van der Waals surface area contributed by atoms with Gasteiger partial charge < -0.3 is 4.74 Å². The average Bonchev–Trinajstić information content (AvgIpc) is 1.89. The van der Waals surface area contributed by atoms with Gasteiger partial charge >= 0.3 is 5.97 Å². The molecule has 0 aromatic carbocycles. The smallest absolute Gasteiger partial charge is 0.305 e. The normalized spacial score (nSPS) is 8.55. The molecular formula is C8H19BO2. The van der Waals surface area contributed by atoms with Crippen molar-refractivity contribution >= 4 is 14.4 Å². The molecule has 0 aromatic rings. The first-order valence-corrected chi connectivity index (χ1v) is 3.96. The highest BCUT2D eigenvalue weighted by atomic mass is 16.5. The molecule has 0 atom stereocenters. The Bertz CT molecular complexity index is 94.1. The zero-order chi connectivity index (χ0) is 7.82. The van der Waals surface area contributed by atoms with E-state index >= 15 is 0 Å². The molecule has 0 aliphatic rings. The summed E-state index contributed by atoms with van der Waals surface area (Å²) in [6.45, 7) is 4.45. The molecule has 3 heteroatoms. The first-order chi connectivity index (χ1) is 4.81. The Morgan fingerprint density at radius 1 is 1.27 bits per heavy atom. The van der Waals surface area contributed by atoms with Crippen molar-refractivity contribution in [2.24, 2.45) is 0 Å². The van der Waals surface area contributed by atoms with E-state index in [0.717, 1.165) is 19.3 Å². The van der Waals surface area contributed by atoms with E-state index in [-0.39, 0.29) is 14.4 Å². The lowest BCUT2D eigenvalue weighted by Crippen LogP contribution is -2.02. The third kappa shape index (κ3) is 9.53. The summed E-state index contributed by atoms with van der Waals surface area (Å²) in [6, 6.07) is 0. The molecule has 0 N–H and O–H groups in total. The van der Waals surface area contributed by atoms with E-state index in [0.29, 0.717) is 13.0 Å². The number of hydrogen-bond acceptors (Lipinski definition) is 2. The van der Waals surface area contributed by atoms with Gasteiger partial charge in [0.25, 0.3) is 0 Å². The first-order valence-electron chi connectivity index (χ1n) is 3.96. The van der Waals surface area contributed by atoms with Crippen molar-refractivity contribution in [2.75, 3.05) is 6.61 Å².